The molecule has 0 spiro atoms. The summed E-state index contributed by atoms with van der Waals surface area (Å²) in [6.45, 7) is 6.58. The van der Waals surface area contributed by atoms with Gasteiger partial charge in [-0.2, -0.15) is 0 Å². The Morgan fingerprint density at radius 3 is 1.65 bits per heavy atom. The molecule has 3 rings (SSSR count). The third kappa shape index (κ3) is 33.7. The number of aromatic amines is 1. The number of carbonyl (C=O) groups excluding carboxylic acids is 16. The molecule has 0 saturated carbocycles. The molecule has 1 aromatic carbocycles. The highest BCUT2D eigenvalue weighted by Gasteiger charge is 2.41. The van der Waals surface area contributed by atoms with Gasteiger partial charge in [-0.25, -0.2) is 4.79 Å². The summed E-state index contributed by atoms with van der Waals surface area (Å²) in [6, 6.07) is -14.7. The molecule has 0 radical (unpaired) electrons. The second kappa shape index (κ2) is 47.1. The number of benzene rings is 1. The first kappa shape index (κ1) is 93.3. The number of unbranched alkanes of at least 4 members (excludes halogenated alkanes) is 3. The van der Waals surface area contributed by atoms with Crippen molar-refractivity contribution >= 4 is 129 Å². The largest absolute Gasteiger partial charge is 0.481 e. The van der Waals surface area contributed by atoms with Gasteiger partial charge >= 0.3 is 29.8 Å². The first-order chi connectivity index (χ1) is 52.3. The van der Waals surface area contributed by atoms with E-state index in [1.807, 2.05) is 10.6 Å². The Kier molecular flexibility index (Phi) is 39.6. The van der Waals surface area contributed by atoms with E-state index >= 15 is 0 Å². The number of para-hydroxylation sites is 1. The SMILES string of the molecule is CCC(C)CCCCCCC(=O)NC(Cc1c[nH]c2ccccc12)C(=O)NC(CC(N)=O)C(=O)NC(CC(=O)O)C(=O)NC1C(=O)NCC(=O)NC(CCCN)C(=O)NC(CC(=O)O)C(=O)NC(C)C(=O)NC(CC(=O)O)C(=O)NCC(=O)NC(CC(N)=O)C(=O)NC(CCC(=O)O)C(=O)NC(C(C)CC)C(=O)OC1C. The van der Waals surface area contributed by atoms with Gasteiger partial charge in [0.25, 0.3) is 0 Å². The van der Waals surface area contributed by atoms with E-state index in [4.69, 9.17) is 21.9 Å². The molecule has 14 atom stereocenters. The van der Waals surface area contributed by atoms with Gasteiger partial charge in [0.05, 0.1) is 45.2 Å². The number of primary amides is 2. The lowest BCUT2D eigenvalue weighted by Gasteiger charge is -2.30. The van der Waals surface area contributed by atoms with Gasteiger partial charge in [0.2, 0.25) is 88.6 Å². The number of amides is 15. The van der Waals surface area contributed by atoms with Crippen LogP contribution in [0.5, 0.6) is 0 Å². The van der Waals surface area contributed by atoms with Gasteiger partial charge in [-0.05, 0) is 69.5 Å². The number of cyclic esters (lactones) is 1. The van der Waals surface area contributed by atoms with Crippen LogP contribution in [0.2, 0.25) is 0 Å². The Morgan fingerprint density at radius 1 is 0.532 bits per heavy atom. The van der Waals surface area contributed by atoms with Crippen molar-refractivity contribution in [2.75, 3.05) is 19.6 Å². The minimum absolute atomic E-state index is 0.00506. The number of carbonyl (C=O) groups is 20. The van der Waals surface area contributed by atoms with E-state index in [9.17, 15) is 116 Å². The topological polar surface area (TPSA) is 682 Å². The zero-order valence-electron chi connectivity index (χ0n) is 62.4. The number of fused-ring (bicyclic) bond motifs is 1. The van der Waals surface area contributed by atoms with Crippen molar-refractivity contribution in [3.63, 3.8) is 0 Å². The minimum Gasteiger partial charge on any atom is -0.481 e. The van der Waals surface area contributed by atoms with Crippen LogP contribution < -0.4 is 86.3 Å². The number of esters is 1. The van der Waals surface area contributed by atoms with Crippen LogP contribution in [-0.4, -0.2) is 236 Å². The average molecular weight is 1570 g/mol. The van der Waals surface area contributed by atoms with Crippen molar-refractivity contribution in [3.05, 3.63) is 36.0 Å². The Morgan fingerprint density at radius 2 is 1.06 bits per heavy atom. The van der Waals surface area contributed by atoms with Crippen molar-refractivity contribution in [2.45, 2.75) is 230 Å². The lowest BCUT2D eigenvalue weighted by atomic mass is 9.98. The molecule has 111 heavy (non-hydrogen) atoms. The number of nitrogens with one attached hydrogen (secondary N) is 14. The van der Waals surface area contributed by atoms with Crippen molar-refractivity contribution < 1.29 is 121 Å². The zero-order chi connectivity index (χ0) is 83.4. The first-order valence-corrected chi connectivity index (χ1v) is 36.0. The Hall–Kier alpha value is -11.9. The molecule has 1 saturated heterocycles. The number of carboxylic acid groups (broad SMARTS) is 4. The number of aliphatic carboxylic acids is 4. The quantitative estimate of drug-likeness (QED) is 0.0226. The highest BCUT2D eigenvalue weighted by molar-refractivity contribution is 6.02. The fraction of sp³-hybridized carbons (Fsp3) is 0.594. The monoisotopic (exact) mass is 1570 g/mol. The second-order valence-electron chi connectivity index (χ2n) is 26.9. The standard InChI is InChI=1S/C69H103N17O25/c1-7-33(3)16-11-9-10-12-20-50(89)78-42(24-37-30-73-39-18-14-13-17-38(37)39)64(105)82-44(26-49(72)88)66(107)84-47(29-56(98)99)67(108)86-58-36(6)111-69(110)57(34(4)8-2)85-62(103)41(21-22-53(92)93)80-65(106)43(25-48(71)87)79-52(91)31-74-60(101)45(27-54(94)95)81-59(100)35(5)76-63(104)46(28-55(96)97)83-61(102)40(19-15-23-70)77-51(90)32-75-68(58)109/h13-14,17-18,30,33-36,40-47,57-58,73H,7-12,15-16,19-29,31-32,70H2,1-6H3,(H2,71,87)(H2,72,88)(H,74,101)(H,75,109)(H,76,104)(H,77,90)(H,78,89)(H,79,91)(H,80,106)(H,81,100)(H,82,105)(H,83,102)(H,84,107)(H,85,103)(H,86,108)(H,92,93)(H,94,95)(H,96,97)(H,98,99). The maximum Gasteiger partial charge on any atom is 0.329 e. The van der Waals surface area contributed by atoms with Crippen LogP contribution in [0.3, 0.4) is 0 Å². The van der Waals surface area contributed by atoms with Crippen LogP contribution in [0, 0.1) is 11.8 Å². The van der Waals surface area contributed by atoms with E-state index in [2.05, 4.69) is 77.3 Å². The Labute approximate surface area is 636 Å². The molecule has 2 heterocycles. The third-order valence-corrected chi connectivity index (χ3v) is 17.8. The van der Waals surface area contributed by atoms with Gasteiger partial charge in [0, 0.05) is 36.4 Å². The van der Waals surface area contributed by atoms with E-state index < -0.39 is 255 Å². The van der Waals surface area contributed by atoms with Gasteiger partial charge in [-0.1, -0.05) is 84.4 Å². The molecule has 1 aliphatic rings. The van der Waals surface area contributed by atoms with Crippen LogP contribution in [0.1, 0.15) is 156 Å². The molecule has 1 aliphatic heterocycles. The van der Waals surface area contributed by atoms with Crippen LogP contribution in [0.4, 0.5) is 0 Å². The molecule has 24 N–H and O–H groups in total. The normalized spacial score (nSPS) is 21.8. The van der Waals surface area contributed by atoms with E-state index in [1.165, 1.54) is 13.8 Å². The highest BCUT2D eigenvalue weighted by atomic mass is 16.5. The molecule has 2 aromatic rings. The summed E-state index contributed by atoms with van der Waals surface area (Å²) in [5.41, 5.74) is 17.8. The van der Waals surface area contributed by atoms with Crippen LogP contribution >= 0.6 is 0 Å². The zero-order valence-corrected chi connectivity index (χ0v) is 62.4. The number of hydrogen-bond donors (Lipinski definition) is 21. The maximum absolute atomic E-state index is 14.7. The van der Waals surface area contributed by atoms with Crippen molar-refractivity contribution in [3.8, 4) is 0 Å². The van der Waals surface area contributed by atoms with Gasteiger partial charge < -0.3 is 116 Å². The molecule has 42 heteroatoms. The van der Waals surface area contributed by atoms with Gasteiger partial charge in [-0.3, -0.25) is 91.1 Å². The third-order valence-electron chi connectivity index (χ3n) is 17.8. The Balaban J connectivity index is 2.21. The molecule has 1 aromatic heterocycles. The fourth-order valence-corrected chi connectivity index (χ4v) is 11.2. The summed E-state index contributed by atoms with van der Waals surface area (Å²) in [5.74, 6) is -27.9. The molecule has 0 aliphatic carbocycles. The summed E-state index contributed by atoms with van der Waals surface area (Å²) in [7, 11) is 0. The second-order valence-corrected chi connectivity index (χ2v) is 26.9. The summed E-state index contributed by atoms with van der Waals surface area (Å²) < 4.78 is 5.71. The van der Waals surface area contributed by atoms with E-state index in [1.54, 1.807) is 30.5 Å². The number of carboxylic acids is 4. The average Bonchev–Trinajstić information content (AvgIpc) is 1.78. The minimum atomic E-state index is -2.33. The number of ether oxygens (including phenoxy) is 1. The van der Waals surface area contributed by atoms with Crippen molar-refractivity contribution in [1.29, 1.82) is 0 Å². The molecular weight excluding hydrogens is 1470 g/mol. The number of aromatic nitrogens is 1. The van der Waals surface area contributed by atoms with Crippen molar-refractivity contribution in [2.24, 2.45) is 29.0 Å². The Bertz CT molecular complexity index is 3700. The molecule has 42 nitrogen and oxygen atoms in total. The maximum atomic E-state index is 14.7. The lowest BCUT2D eigenvalue weighted by Crippen LogP contribution is -2.62. The summed E-state index contributed by atoms with van der Waals surface area (Å²) in [6.07, 6.45) is -3.58. The number of rotatable bonds is 35. The van der Waals surface area contributed by atoms with E-state index in [0.29, 0.717) is 35.2 Å². The van der Waals surface area contributed by atoms with Crippen LogP contribution in [-0.2, 0) is 107 Å². The first-order valence-electron chi connectivity index (χ1n) is 36.0. The van der Waals surface area contributed by atoms with Gasteiger partial charge in [-0.15, -0.1) is 0 Å². The lowest BCUT2D eigenvalue weighted by molar-refractivity contribution is -0.157. The highest BCUT2D eigenvalue weighted by Crippen LogP contribution is 2.21. The molecule has 14 unspecified atom stereocenters. The van der Waals surface area contributed by atoms with Crippen molar-refractivity contribution in [1.82, 2.24) is 74.1 Å². The molecule has 614 valence electrons. The predicted octanol–water partition coefficient (Wildman–Crippen LogP) is -5.55. The number of H-pyrrole nitrogens is 1. The summed E-state index contributed by atoms with van der Waals surface area (Å²) in [5, 5.41) is 68.4. The molecular formula is C69H103N17O25. The smallest absolute Gasteiger partial charge is 0.329 e. The summed E-state index contributed by atoms with van der Waals surface area (Å²) >= 11 is 0. The van der Waals surface area contributed by atoms with Gasteiger partial charge in [0.15, 0.2) is 0 Å². The molecule has 1 fully saturated rings. The summed E-state index contributed by atoms with van der Waals surface area (Å²) in [4.78, 5) is 273. The fourth-order valence-electron chi connectivity index (χ4n) is 11.2. The number of nitrogens with two attached hydrogens (primary N) is 3. The predicted molar refractivity (Wildman–Crippen MR) is 387 cm³/mol. The van der Waals surface area contributed by atoms with Gasteiger partial charge in [0.1, 0.15) is 72.6 Å². The van der Waals surface area contributed by atoms with Crippen LogP contribution in [0.15, 0.2) is 30.5 Å². The molecule has 0 bridgehead atoms. The van der Waals surface area contributed by atoms with E-state index in [-0.39, 0.29) is 38.6 Å². The number of hydrogen-bond acceptors (Lipinski definition) is 22. The molecule has 15 amide bonds. The van der Waals surface area contributed by atoms with E-state index in [0.717, 1.165) is 39.5 Å². The van der Waals surface area contributed by atoms with Crippen LogP contribution in [0.25, 0.3) is 10.9 Å².